The number of furan rings is 1. The third-order valence-corrected chi connectivity index (χ3v) is 5.29. The average molecular weight is 440 g/mol. The Bertz CT molecular complexity index is 1100. The Labute approximate surface area is 187 Å². The molecule has 2 heterocycles. The molecule has 0 saturated heterocycles. The maximum absolute atomic E-state index is 12.8. The smallest absolute Gasteiger partial charge is 0.279 e. The summed E-state index contributed by atoms with van der Waals surface area (Å²) in [4.78, 5) is 32.7. The molecule has 0 fully saturated rings. The Hall–Kier alpha value is -3.75. The van der Waals surface area contributed by atoms with Crippen molar-refractivity contribution >= 4 is 23.3 Å². The summed E-state index contributed by atoms with van der Waals surface area (Å²) >= 11 is 0. The van der Waals surface area contributed by atoms with Crippen LogP contribution in [-0.4, -0.2) is 60.7 Å². The zero-order valence-electron chi connectivity index (χ0n) is 19.2. The van der Waals surface area contributed by atoms with E-state index in [0.717, 1.165) is 10.7 Å². The van der Waals surface area contributed by atoms with E-state index < -0.39 is 11.8 Å². The van der Waals surface area contributed by atoms with Gasteiger partial charge in [-0.2, -0.15) is 0 Å². The van der Waals surface area contributed by atoms with Gasteiger partial charge in [0, 0.05) is 28.2 Å². The first-order valence-corrected chi connectivity index (χ1v) is 10.3. The van der Waals surface area contributed by atoms with E-state index in [1.54, 1.807) is 30.1 Å². The van der Waals surface area contributed by atoms with Gasteiger partial charge in [0.1, 0.15) is 34.5 Å². The first-order valence-electron chi connectivity index (χ1n) is 10.3. The number of carbonyl (C=O) groups is 2. The fourth-order valence-corrected chi connectivity index (χ4v) is 3.60. The van der Waals surface area contributed by atoms with Crippen molar-refractivity contribution in [2.45, 2.75) is 26.3 Å². The summed E-state index contributed by atoms with van der Waals surface area (Å²) in [6.07, 6.45) is 0.634. The molecule has 2 amide bonds. The average Bonchev–Trinajstić information content (AvgIpc) is 3.27. The number of likely N-dealkylation sites (N-methyl/N-ethyl adjacent to an activating group) is 1. The topological polar surface area (TPSA) is 110 Å². The summed E-state index contributed by atoms with van der Waals surface area (Å²) < 4.78 is 5.71. The molecule has 0 saturated carbocycles. The molecular weight excluding hydrogens is 410 g/mol. The van der Waals surface area contributed by atoms with Gasteiger partial charge in [-0.25, -0.2) is 0 Å². The summed E-state index contributed by atoms with van der Waals surface area (Å²) in [6.45, 7) is 3.80. The molecule has 3 rings (SSSR count). The lowest BCUT2D eigenvalue weighted by molar-refractivity contribution is -0.136. The maximum atomic E-state index is 12.8. The van der Waals surface area contributed by atoms with E-state index in [1.807, 2.05) is 40.1 Å². The second-order valence-electron chi connectivity index (χ2n) is 7.74. The number of para-hydroxylation sites is 1. The van der Waals surface area contributed by atoms with Gasteiger partial charge >= 0.3 is 0 Å². The van der Waals surface area contributed by atoms with Gasteiger partial charge in [0.15, 0.2) is 0 Å². The molecule has 9 heteroatoms. The highest BCUT2D eigenvalue weighted by Gasteiger charge is 2.38. The van der Waals surface area contributed by atoms with Gasteiger partial charge in [-0.3, -0.25) is 19.5 Å². The molecule has 0 spiro atoms. The first-order chi connectivity index (χ1) is 15.2. The molecule has 170 valence electrons. The number of phenolic OH excluding ortho intramolecular Hbond substituents is 1. The molecule has 0 unspecified atom stereocenters. The lowest BCUT2D eigenvalue weighted by Gasteiger charge is -2.19. The number of benzene rings is 1. The van der Waals surface area contributed by atoms with Gasteiger partial charge in [-0.15, -0.1) is 0 Å². The zero-order valence-corrected chi connectivity index (χ0v) is 19.2. The molecule has 32 heavy (non-hydrogen) atoms. The fourth-order valence-electron chi connectivity index (χ4n) is 3.60. The van der Waals surface area contributed by atoms with Crippen molar-refractivity contribution < 1.29 is 19.1 Å². The molecule has 0 bridgehead atoms. The van der Waals surface area contributed by atoms with Gasteiger partial charge in [0.2, 0.25) is 0 Å². The summed E-state index contributed by atoms with van der Waals surface area (Å²) in [5, 5.41) is 17.0. The zero-order chi connectivity index (χ0) is 23.6. The van der Waals surface area contributed by atoms with Crippen LogP contribution in [0.1, 0.15) is 36.5 Å². The second-order valence-corrected chi connectivity index (χ2v) is 7.74. The van der Waals surface area contributed by atoms with Crippen molar-refractivity contribution in [1.29, 1.82) is 0 Å². The minimum absolute atomic E-state index is 0.0616. The number of rotatable bonds is 7. The van der Waals surface area contributed by atoms with Crippen LogP contribution in [0.4, 0.5) is 5.69 Å². The molecule has 1 aromatic heterocycles. The van der Waals surface area contributed by atoms with Crippen LogP contribution < -0.4 is 10.6 Å². The Morgan fingerprint density at radius 1 is 1.19 bits per heavy atom. The highest BCUT2D eigenvalue weighted by atomic mass is 16.3. The summed E-state index contributed by atoms with van der Waals surface area (Å²) in [5.41, 5.74) is 0.977. The molecular formula is C23H29N5O4. The van der Waals surface area contributed by atoms with Crippen LogP contribution in [0, 0.1) is 6.92 Å². The Balaban J connectivity index is 2.01. The minimum atomic E-state index is -0.496. The largest absolute Gasteiger partial charge is 0.505 e. The summed E-state index contributed by atoms with van der Waals surface area (Å²) in [7, 11) is 6.70. The van der Waals surface area contributed by atoms with E-state index >= 15 is 0 Å². The van der Waals surface area contributed by atoms with Gasteiger partial charge in [-0.1, -0.05) is 13.0 Å². The van der Waals surface area contributed by atoms with E-state index in [0.29, 0.717) is 23.6 Å². The number of hydrogen-bond acceptors (Lipinski definition) is 7. The third-order valence-electron chi connectivity index (χ3n) is 5.29. The number of phenols is 1. The number of hydrogen-bond donors (Lipinski definition) is 3. The number of imide groups is 1. The van der Waals surface area contributed by atoms with E-state index in [2.05, 4.69) is 15.6 Å². The quantitative estimate of drug-likeness (QED) is 0.263. The number of aromatic hydroxyl groups is 1. The Morgan fingerprint density at radius 2 is 1.88 bits per heavy atom. The van der Waals surface area contributed by atoms with E-state index in [1.165, 1.54) is 7.05 Å². The Kier molecular flexibility index (Phi) is 6.57. The second kappa shape index (κ2) is 9.17. The van der Waals surface area contributed by atoms with Gasteiger partial charge < -0.3 is 25.1 Å². The molecule has 1 aromatic carbocycles. The van der Waals surface area contributed by atoms with Crippen molar-refractivity contribution in [1.82, 2.24) is 15.1 Å². The predicted molar refractivity (Wildman–Crippen MR) is 122 cm³/mol. The van der Waals surface area contributed by atoms with Crippen molar-refractivity contribution in [3.05, 3.63) is 58.8 Å². The van der Waals surface area contributed by atoms with Gasteiger partial charge in [0.25, 0.3) is 11.8 Å². The van der Waals surface area contributed by atoms with Gasteiger partial charge in [-0.05, 0) is 37.6 Å². The molecule has 3 N–H and O–H groups in total. The molecule has 0 aliphatic carbocycles. The molecule has 2 aromatic rings. The normalized spacial score (nSPS) is 15.4. The number of carbonyl (C=O) groups excluding carboxylic acids is 2. The number of nitrogens with zero attached hydrogens (tertiary/aromatic N) is 3. The Morgan fingerprint density at radius 3 is 2.44 bits per heavy atom. The van der Waals surface area contributed by atoms with Crippen LogP contribution in [0.5, 0.6) is 5.75 Å². The number of amides is 2. The highest BCUT2D eigenvalue weighted by molar-refractivity contribution is 6.20. The molecule has 9 nitrogen and oxygen atoms in total. The van der Waals surface area contributed by atoms with Crippen LogP contribution in [0.3, 0.4) is 0 Å². The first kappa shape index (κ1) is 22.9. The molecule has 0 radical (unpaired) electrons. The van der Waals surface area contributed by atoms with Crippen LogP contribution in [0.2, 0.25) is 0 Å². The number of amidine groups is 1. The van der Waals surface area contributed by atoms with Crippen molar-refractivity contribution in [2.24, 2.45) is 4.99 Å². The van der Waals surface area contributed by atoms with Gasteiger partial charge in [0.05, 0.1) is 17.3 Å². The molecule has 1 aliphatic rings. The minimum Gasteiger partial charge on any atom is -0.505 e. The molecule has 1 atom stereocenters. The lowest BCUT2D eigenvalue weighted by atomic mass is 10.1. The number of aryl methyl sites for hydroxylation is 1. The summed E-state index contributed by atoms with van der Waals surface area (Å²) in [5.74, 6) is 0.977. The number of nitrogens with one attached hydrogen (secondary N) is 2. The lowest BCUT2D eigenvalue weighted by Crippen LogP contribution is -2.31. The van der Waals surface area contributed by atoms with Crippen LogP contribution in [-0.2, 0) is 9.59 Å². The van der Waals surface area contributed by atoms with Crippen LogP contribution in [0.15, 0.2) is 51.1 Å². The van der Waals surface area contributed by atoms with Crippen LogP contribution in [0.25, 0.3) is 0 Å². The van der Waals surface area contributed by atoms with Crippen molar-refractivity contribution in [3.8, 4) is 5.75 Å². The summed E-state index contributed by atoms with van der Waals surface area (Å²) in [6, 6.07) is 8.50. The van der Waals surface area contributed by atoms with E-state index in [4.69, 9.17) is 4.42 Å². The van der Waals surface area contributed by atoms with Crippen molar-refractivity contribution in [3.63, 3.8) is 0 Å². The standard InChI is InChI=1S/C23H29N5O4/c1-7-15(17-12-11-13(2)32-17)25-18-19(23(31)28(6)22(18)30)26-16-10-8-9-14(20(16)29)21(24-3)27(4)5/h8-12,15,25-26,29H,7H2,1-6H3/t15-/m1/s1. The van der Waals surface area contributed by atoms with Crippen molar-refractivity contribution in [2.75, 3.05) is 33.5 Å². The number of aliphatic imine (C=N–C) groups is 1. The van der Waals surface area contributed by atoms with Crippen LogP contribution >= 0.6 is 0 Å². The third kappa shape index (κ3) is 4.18. The van der Waals surface area contributed by atoms with E-state index in [9.17, 15) is 14.7 Å². The maximum Gasteiger partial charge on any atom is 0.279 e. The van der Waals surface area contributed by atoms with E-state index in [-0.39, 0.29) is 28.9 Å². The predicted octanol–water partition coefficient (Wildman–Crippen LogP) is 2.59. The number of anilines is 1. The fraction of sp³-hybridized carbons (Fsp3) is 0.348. The SMILES string of the molecule is CC[C@@H](NC1=C(Nc2cccc(C(=NC)N(C)C)c2O)C(=O)N(C)C1=O)c1ccc(C)o1. The molecule has 1 aliphatic heterocycles. The highest BCUT2D eigenvalue weighted by Crippen LogP contribution is 2.32. The monoisotopic (exact) mass is 439 g/mol.